The largest absolute Gasteiger partial charge is 0.260 e. The van der Waals surface area contributed by atoms with Crippen molar-refractivity contribution in [2.45, 2.75) is 41.0 Å². The Morgan fingerprint density at radius 2 is 1.83 bits per heavy atom. The summed E-state index contributed by atoms with van der Waals surface area (Å²) < 4.78 is 2.22. The Hall–Kier alpha value is -2.22. The maximum Gasteiger partial charge on any atom is 0.222 e. The summed E-state index contributed by atoms with van der Waals surface area (Å²) in [6, 6.07) is 8.99. The lowest BCUT2D eigenvalue weighted by molar-refractivity contribution is -0.659. The molecule has 0 bridgehead atoms. The van der Waals surface area contributed by atoms with E-state index < -0.39 is 0 Å². The Morgan fingerprint density at radius 3 is 2.54 bits per heavy atom. The van der Waals surface area contributed by atoms with Crippen molar-refractivity contribution in [3.8, 4) is 11.3 Å². The zero-order chi connectivity index (χ0) is 17.4. The first kappa shape index (κ1) is 16.6. The molecule has 0 atom stereocenters. The van der Waals surface area contributed by atoms with Crippen LogP contribution in [0.2, 0.25) is 0 Å². The van der Waals surface area contributed by atoms with Crippen molar-refractivity contribution in [2.75, 3.05) is 0 Å². The Labute approximate surface area is 145 Å². The van der Waals surface area contributed by atoms with E-state index in [2.05, 4.69) is 82.9 Å². The summed E-state index contributed by atoms with van der Waals surface area (Å²) in [6.07, 6.45) is 5.24. The Morgan fingerprint density at radius 1 is 1.08 bits per heavy atom. The first-order chi connectivity index (χ1) is 11.4. The molecule has 2 aromatic heterocycles. The van der Waals surface area contributed by atoms with Crippen molar-refractivity contribution in [2.24, 2.45) is 13.0 Å². The lowest BCUT2D eigenvalue weighted by Gasteiger charge is -2.12. The molecule has 0 saturated carbocycles. The summed E-state index contributed by atoms with van der Waals surface area (Å²) in [7, 11) is 2.12. The highest BCUT2D eigenvalue weighted by molar-refractivity contribution is 5.93. The monoisotopic (exact) mass is 319 g/mol. The minimum atomic E-state index is 0.621. The van der Waals surface area contributed by atoms with E-state index in [1.54, 1.807) is 0 Å². The number of pyridine rings is 2. The van der Waals surface area contributed by atoms with Crippen LogP contribution < -0.4 is 4.57 Å². The highest BCUT2D eigenvalue weighted by Gasteiger charge is 2.19. The number of rotatable bonds is 3. The van der Waals surface area contributed by atoms with Gasteiger partial charge in [0, 0.05) is 18.0 Å². The van der Waals surface area contributed by atoms with Crippen LogP contribution in [0.15, 0.2) is 36.7 Å². The van der Waals surface area contributed by atoms with Crippen LogP contribution in [0.4, 0.5) is 0 Å². The molecule has 0 unspecified atom stereocenters. The fourth-order valence-corrected chi connectivity index (χ4v) is 3.46. The summed E-state index contributed by atoms with van der Waals surface area (Å²) in [5, 5.41) is 2.49. The van der Waals surface area contributed by atoms with Crippen LogP contribution in [-0.2, 0) is 13.5 Å². The zero-order valence-electron chi connectivity index (χ0n) is 15.6. The van der Waals surface area contributed by atoms with Gasteiger partial charge in [-0.05, 0) is 61.8 Å². The molecule has 0 aliphatic carbocycles. The van der Waals surface area contributed by atoms with Crippen LogP contribution in [0.5, 0.6) is 0 Å². The second-order valence-corrected chi connectivity index (χ2v) is 7.39. The standard InChI is InChI=1S/C22H27N2/c1-14(2)9-19-12-18-7-8-24(6)22(21(18)13-23-19)20-11-15(3)10-16(4)17(20)5/h7-8,10-14H,9H2,1-6H3/q+1. The molecule has 0 aliphatic heterocycles. The number of aromatic nitrogens is 2. The predicted octanol–water partition coefficient (Wildman–Crippen LogP) is 4.85. The Balaban J connectivity index is 2.26. The number of aryl methyl sites for hydroxylation is 3. The van der Waals surface area contributed by atoms with Gasteiger partial charge in [-0.3, -0.25) is 4.98 Å². The Bertz CT molecular complexity index is 907. The van der Waals surface area contributed by atoms with E-state index in [1.807, 2.05) is 0 Å². The third-order valence-corrected chi connectivity index (χ3v) is 4.76. The van der Waals surface area contributed by atoms with Gasteiger partial charge in [-0.15, -0.1) is 0 Å². The highest BCUT2D eigenvalue weighted by atomic mass is 14.9. The minimum Gasteiger partial charge on any atom is -0.260 e. The lowest BCUT2D eigenvalue weighted by atomic mass is 9.95. The quantitative estimate of drug-likeness (QED) is 0.631. The highest BCUT2D eigenvalue weighted by Crippen LogP contribution is 2.30. The first-order valence-corrected chi connectivity index (χ1v) is 8.72. The van der Waals surface area contributed by atoms with Crippen LogP contribution in [0.25, 0.3) is 22.0 Å². The smallest absolute Gasteiger partial charge is 0.222 e. The number of nitrogens with zero attached hydrogens (tertiary/aromatic N) is 2. The van der Waals surface area contributed by atoms with E-state index in [0.29, 0.717) is 5.92 Å². The molecule has 0 aliphatic rings. The maximum atomic E-state index is 4.74. The SMILES string of the molecule is Cc1cc(C)c(C)c(-c2c3cnc(CC(C)C)cc3cc[n+]2C)c1. The number of hydrogen-bond donors (Lipinski definition) is 0. The fraction of sp³-hybridized carbons (Fsp3) is 0.364. The molecule has 1 aromatic carbocycles. The van der Waals surface area contributed by atoms with Crippen molar-refractivity contribution in [1.29, 1.82) is 0 Å². The van der Waals surface area contributed by atoms with Gasteiger partial charge in [0.05, 0.1) is 10.9 Å². The van der Waals surface area contributed by atoms with Crippen LogP contribution >= 0.6 is 0 Å². The van der Waals surface area contributed by atoms with E-state index in [-0.39, 0.29) is 0 Å². The van der Waals surface area contributed by atoms with E-state index in [9.17, 15) is 0 Å². The van der Waals surface area contributed by atoms with Crippen molar-refractivity contribution in [3.63, 3.8) is 0 Å². The van der Waals surface area contributed by atoms with Crippen molar-refractivity contribution in [1.82, 2.24) is 4.98 Å². The normalized spacial score (nSPS) is 11.5. The number of fused-ring (bicyclic) bond motifs is 1. The second-order valence-electron chi connectivity index (χ2n) is 7.39. The topological polar surface area (TPSA) is 16.8 Å². The molecule has 3 rings (SSSR count). The summed E-state index contributed by atoms with van der Waals surface area (Å²) in [5.74, 6) is 0.621. The third kappa shape index (κ3) is 3.06. The Kier molecular flexibility index (Phi) is 4.40. The first-order valence-electron chi connectivity index (χ1n) is 8.72. The predicted molar refractivity (Wildman–Crippen MR) is 101 cm³/mol. The number of benzene rings is 1. The van der Waals surface area contributed by atoms with Crippen LogP contribution in [-0.4, -0.2) is 4.98 Å². The molecular formula is C22H27N2+. The number of hydrogen-bond acceptors (Lipinski definition) is 1. The molecule has 3 aromatic rings. The van der Waals surface area contributed by atoms with Crippen LogP contribution in [0.1, 0.15) is 36.2 Å². The summed E-state index contributed by atoms with van der Waals surface area (Å²) in [5.41, 5.74) is 7.71. The van der Waals surface area contributed by atoms with Gasteiger partial charge in [0.15, 0.2) is 6.20 Å². The molecular weight excluding hydrogens is 292 g/mol. The molecule has 24 heavy (non-hydrogen) atoms. The maximum absolute atomic E-state index is 4.74. The van der Waals surface area contributed by atoms with Gasteiger partial charge in [-0.2, -0.15) is 0 Å². The van der Waals surface area contributed by atoms with Crippen molar-refractivity contribution < 1.29 is 4.57 Å². The molecule has 0 amide bonds. The average molecular weight is 319 g/mol. The zero-order valence-corrected chi connectivity index (χ0v) is 15.6. The summed E-state index contributed by atoms with van der Waals surface area (Å²) in [6.45, 7) is 11.0. The van der Waals surface area contributed by atoms with Gasteiger partial charge in [-0.1, -0.05) is 25.5 Å². The van der Waals surface area contributed by atoms with Gasteiger partial charge in [0.25, 0.3) is 0 Å². The molecule has 2 heteroatoms. The molecule has 0 spiro atoms. The lowest BCUT2D eigenvalue weighted by Crippen LogP contribution is -2.31. The molecule has 124 valence electrons. The fourth-order valence-electron chi connectivity index (χ4n) is 3.46. The summed E-state index contributed by atoms with van der Waals surface area (Å²) >= 11 is 0. The molecule has 0 saturated heterocycles. The molecule has 2 nitrogen and oxygen atoms in total. The van der Waals surface area contributed by atoms with Gasteiger partial charge in [-0.25, -0.2) is 4.57 Å². The van der Waals surface area contributed by atoms with Gasteiger partial charge in [0.2, 0.25) is 5.69 Å². The van der Waals surface area contributed by atoms with Gasteiger partial charge in [0.1, 0.15) is 7.05 Å². The van der Waals surface area contributed by atoms with Gasteiger partial charge < -0.3 is 0 Å². The summed E-state index contributed by atoms with van der Waals surface area (Å²) in [4.78, 5) is 4.74. The van der Waals surface area contributed by atoms with E-state index in [0.717, 1.165) is 6.42 Å². The molecule has 0 radical (unpaired) electrons. The average Bonchev–Trinajstić information content (AvgIpc) is 2.51. The van der Waals surface area contributed by atoms with E-state index in [1.165, 1.54) is 44.4 Å². The van der Waals surface area contributed by atoms with E-state index in [4.69, 9.17) is 4.98 Å². The van der Waals surface area contributed by atoms with Crippen LogP contribution in [0, 0.1) is 26.7 Å². The van der Waals surface area contributed by atoms with Gasteiger partial charge >= 0.3 is 0 Å². The molecule has 2 heterocycles. The van der Waals surface area contributed by atoms with Crippen LogP contribution in [0.3, 0.4) is 0 Å². The van der Waals surface area contributed by atoms with Crippen molar-refractivity contribution in [3.05, 3.63) is 59.0 Å². The second kappa shape index (κ2) is 6.35. The molecule has 0 fully saturated rings. The van der Waals surface area contributed by atoms with E-state index >= 15 is 0 Å². The third-order valence-electron chi connectivity index (χ3n) is 4.76. The molecule has 0 N–H and O–H groups in total. The minimum absolute atomic E-state index is 0.621. The van der Waals surface area contributed by atoms with Crippen molar-refractivity contribution >= 4 is 10.8 Å².